The van der Waals surface area contributed by atoms with Crippen molar-refractivity contribution in [3.63, 3.8) is 0 Å². The highest BCUT2D eigenvalue weighted by Gasteiger charge is 2.13. The number of nitrogens with zero attached hydrogens (tertiary/aromatic N) is 3. The average molecular weight is 310 g/mol. The highest BCUT2D eigenvalue weighted by Crippen LogP contribution is 2.19. The van der Waals surface area contributed by atoms with Crippen LogP contribution in [0.3, 0.4) is 0 Å². The number of hydrogen-bond acceptors (Lipinski definition) is 4. The van der Waals surface area contributed by atoms with E-state index in [4.69, 9.17) is 21.1 Å². The van der Waals surface area contributed by atoms with Crippen LogP contribution in [0, 0.1) is 0 Å². The number of halogens is 1. The molecule has 0 spiro atoms. The van der Waals surface area contributed by atoms with E-state index in [-0.39, 0.29) is 5.38 Å². The predicted molar refractivity (Wildman–Crippen MR) is 81.2 cm³/mol. The van der Waals surface area contributed by atoms with Gasteiger partial charge in [-0.25, -0.2) is 4.68 Å². The van der Waals surface area contributed by atoms with Crippen molar-refractivity contribution in [3.05, 3.63) is 47.8 Å². The molecule has 1 unspecified atom stereocenters. The first-order chi connectivity index (χ1) is 10.3. The minimum atomic E-state index is -0.227. The summed E-state index contributed by atoms with van der Waals surface area (Å²) in [7, 11) is 1.63. The van der Waals surface area contributed by atoms with Gasteiger partial charge in [0.05, 0.1) is 25.1 Å². The van der Waals surface area contributed by atoms with Gasteiger partial charge in [-0.05, 0) is 12.0 Å². The summed E-state index contributed by atoms with van der Waals surface area (Å²) in [5.74, 6) is 0. The molecule has 0 fully saturated rings. The van der Waals surface area contributed by atoms with Crippen molar-refractivity contribution in [2.45, 2.75) is 24.9 Å². The molecule has 0 aliphatic rings. The van der Waals surface area contributed by atoms with Crippen LogP contribution in [-0.2, 0) is 22.6 Å². The number of aromatic nitrogens is 3. The summed E-state index contributed by atoms with van der Waals surface area (Å²) in [4.78, 5) is 0. The quantitative estimate of drug-likeness (QED) is 0.528. The van der Waals surface area contributed by atoms with Gasteiger partial charge >= 0.3 is 0 Å². The topological polar surface area (TPSA) is 49.2 Å². The van der Waals surface area contributed by atoms with Crippen molar-refractivity contribution < 1.29 is 9.47 Å². The van der Waals surface area contributed by atoms with Gasteiger partial charge in [0.2, 0.25) is 0 Å². The summed E-state index contributed by atoms with van der Waals surface area (Å²) in [5.41, 5.74) is 2.06. The van der Waals surface area contributed by atoms with Crippen LogP contribution >= 0.6 is 11.6 Å². The molecule has 0 N–H and O–H groups in total. The minimum Gasteiger partial charge on any atom is -0.383 e. The van der Waals surface area contributed by atoms with Crippen LogP contribution in [0.5, 0.6) is 0 Å². The molecule has 0 radical (unpaired) electrons. The molecule has 1 heterocycles. The van der Waals surface area contributed by atoms with Gasteiger partial charge < -0.3 is 9.47 Å². The summed E-state index contributed by atoms with van der Waals surface area (Å²) in [6.07, 6.45) is 2.54. The summed E-state index contributed by atoms with van der Waals surface area (Å²) >= 11 is 6.22. The molecule has 21 heavy (non-hydrogen) atoms. The van der Waals surface area contributed by atoms with E-state index in [1.807, 2.05) is 22.9 Å². The van der Waals surface area contributed by atoms with Crippen molar-refractivity contribution in [2.75, 3.05) is 20.3 Å². The second kappa shape index (κ2) is 8.77. The van der Waals surface area contributed by atoms with E-state index >= 15 is 0 Å². The average Bonchev–Trinajstić information content (AvgIpc) is 2.97. The predicted octanol–water partition coefficient (Wildman–Crippen LogP) is 2.81. The molecule has 0 amide bonds. The molecule has 0 aliphatic carbocycles. The normalized spacial score (nSPS) is 12.5. The van der Waals surface area contributed by atoms with Crippen molar-refractivity contribution >= 4 is 11.6 Å². The fourth-order valence-corrected chi connectivity index (χ4v) is 2.29. The maximum atomic E-state index is 6.22. The van der Waals surface area contributed by atoms with Gasteiger partial charge in [-0.2, -0.15) is 0 Å². The van der Waals surface area contributed by atoms with Crippen molar-refractivity contribution in [3.8, 4) is 0 Å². The SMILES string of the molecule is COCC(Cl)c1cnnn1CCCOCc1ccccc1. The number of aryl methyl sites for hydroxylation is 1. The Balaban J connectivity index is 1.70. The third-order valence-electron chi connectivity index (χ3n) is 3.05. The molecule has 114 valence electrons. The summed E-state index contributed by atoms with van der Waals surface area (Å²) in [6.45, 7) is 2.48. The number of hydrogen-bond donors (Lipinski definition) is 0. The molecule has 0 saturated heterocycles. The fourth-order valence-electron chi connectivity index (χ4n) is 1.99. The van der Waals surface area contributed by atoms with Gasteiger partial charge in [-0.3, -0.25) is 0 Å². The summed E-state index contributed by atoms with van der Waals surface area (Å²) in [6, 6.07) is 10.1. The number of benzene rings is 1. The van der Waals surface area contributed by atoms with E-state index in [1.165, 1.54) is 5.56 Å². The standard InChI is InChI=1S/C15H20ClN3O2/c1-20-12-14(16)15-10-17-18-19(15)8-5-9-21-11-13-6-3-2-4-7-13/h2-4,6-7,10,14H,5,8-9,11-12H2,1H3. The van der Waals surface area contributed by atoms with Gasteiger partial charge in [-0.1, -0.05) is 35.5 Å². The lowest BCUT2D eigenvalue weighted by atomic mass is 10.2. The Morgan fingerprint density at radius 2 is 2.10 bits per heavy atom. The maximum Gasteiger partial charge on any atom is 0.100 e. The molecule has 5 nitrogen and oxygen atoms in total. The molecule has 2 aromatic rings. The van der Waals surface area contributed by atoms with Gasteiger partial charge in [0.25, 0.3) is 0 Å². The molecular formula is C15H20ClN3O2. The molecule has 1 aromatic heterocycles. The summed E-state index contributed by atoms with van der Waals surface area (Å²) in [5, 5.41) is 7.72. The number of methoxy groups -OCH3 is 1. The lowest BCUT2D eigenvalue weighted by Gasteiger charge is -2.10. The maximum absolute atomic E-state index is 6.22. The Bertz CT molecular complexity index is 519. The van der Waals surface area contributed by atoms with Crippen molar-refractivity contribution in [1.29, 1.82) is 0 Å². The number of alkyl halides is 1. The smallest absolute Gasteiger partial charge is 0.100 e. The third kappa shape index (κ3) is 5.12. The monoisotopic (exact) mass is 309 g/mol. The zero-order valence-electron chi connectivity index (χ0n) is 12.1. The van der Waals surface area contributed by atoms with Gasteiger partial charge in [0.15, 0.2) is 0 Å². The van der Waals surface area contributed by atoms with E-state index in [1.54, 1.807) is 13.3 Å². The number of ether oxygens (including phenoxy) is 2. The Morgan fingerprint density at radius 3 is 2.86 bits per heavy atom. The number of rotatable bonds is 9. The van der Waals surface area contributed by atoms with Crippen LogP contribution in [0.4, 0.5) is 0 Å². The third-order valence-corrected chi connectivity index (χ3v) is 3.40. The van der Waals surface area contributed by atoms with Crippen LogP contribution < -0.4 is 0 Å². The Labute approximate surface area is 129 Å². The van der Waals surface area contributed by atoms with Crippen LogP contribution in [0.1, 0.15) is 23.1 Å². The van der Waals surface area contributed by atoms with E-state index in [2.05, 4.69) is 22.4 Å². The molecule has 0 bridgehead atoms. The highest BCUT2D eigenvalue weighted by molar-refractivity contribution is 6.20. The lowest BCUT2D eigenvalue weighted by Crippen LogP contribution is -2.11. The van der Waals surface area contributed by atoms with E-state index in [0.29, 0.717) is 19.8 Å². The van der Waals surface area contributed by atoms with Crippen LogP contribution in [0.2, 0.25) is 0 Å². The van der Waals surface area contributed by atoms with Crippen LogP contribution in [0.15, 0.2) is 36.5 Å². The Hall–Kier alpha value is -1.43. The minimum absolute atomic E-state index is 0.227. The highest BCUT2D eigenvalue weighted by atomic mass is 35.5. The second-order valence-electron chi connectivity index (χ2n) is 4.70. The van der Waals surface area contributed by atoms with Crippen molar-refractivity contribution in [1.82, 2.24) is 15.0 Å². The van der Waals surface area contributed by atoms with E-state index < -0.39 is 0 Å². The largest absolute Gasteiger partial charge is 0.383 e. The zero-order chi connectivity index (χ0) is 14.9. The molecule has 1 atom stereocenters. The lowest BCUT2D eigenvalue weighted by molar-refractivity contribution is 0.114. The second-order valence-corrected chi connectivity index (χ2v) is 5.22. The fraction of sp³-hybridized carbons (Fsp3) is 0.467. The molecule has 1 aromatic carbocycles. The van der Waals surface area contributed by atoms with Crippen LogP contribution in [-0.4, -0.2) is 35.3 Å². The zero-order valence-corrected chi connectivity index (χ0v) is 12.9. The van der Waals surface area contributed by atoms with Crippen molar-refractivity contribution in [2.24, 2.45) is 0 Å². The van der Waals surface area contributed by atoms with Gasteiger partial charge in [0, 0.05) is 20.3 Å². The first kappa shape index (κ1) is 15.9. The molecule has 6 heteroatoms. The first-order valence-corrected chi connectivity index (χ1v) is 7.38. The summed E-state index contributed by atoms with van der Waals surface area (Å²) < 4.78 is 12.5. The van der Waals surface area contributed by atoms with Gasteiger partial charge in [-0.15, -0.1) is 16.7 Å². The van der Waals surface area contributed by atoms with E-state index in [0.717, 1.165) is 18.7 Å². The first-order valence-electron chi connectivity index (χ1n) is 6.94. The Kier molecular flexibility index (Phi) is 6.66. The van der Waals surface area contributed by atoms with Gasteiger partial charge in [0.1, 0.15) is 5.38 Å². The molecule has 0 aliphatic heterocycles. The molecule has 2 rings (SSSR count). The molecule has 0 saturated carbocycles. The van der Waals surface area contributed by atoms with E-state index in [9.17, 15) is 0 Å². The van der Waals surface area contributed by atoms with Crippen LogP contribution in [0.25, 0.3) is 0 Å². The molecular weight excluding hydrogens is 290 g/mol. The Morgan fingerprint density at radius 1 is 1.29 bits per heavy atom.